The fourth-order valence-corrected chi connectivity index (χ4v) is 3.78. The van der Waals surface area contributed by atoms with Crippen molar-refractivity contribution >= 4 is 26.8 Å². The molecule has 0 saturated carbocycles. The lowest BCUT2D eigenvalue weighted by atomic mass is 10.0. The highest BCUT2D eigenvalue weighted by Gasteiger charge is 2.14. The van der Waals surface area contributed by atoms with E-state index in [9.17, 15) is 13.2 Å². The van der Waals surface area contributed by atoms with Crippen molar-refractivity contribution in [3.63, 3.8) is 0 Å². The van der Waals surface area contributed by atoms with Crippen LogP contribution in [0.4, 0.5) is 0 Å². The van der Waals surface area contributed by atoms with Crippen LogP contribution in [0.2, 0.25) is 0 Å². The third-order valence-electron chi connectivity index (χ3n) is 4.72. The number of aromatic nitrogens is 1. The van der Waals surface area contributed by atoms with Gasteiger partial charge in [-0.25, -0.2) is 13.1 Å². The van der Waals surface area contributed by atoms with Crippen LogP contribution in [0.25, 0.3) is 10.9 Å². The van der Waals surface area contributed by atoms with Gasteiger partial charge >= 0.3 is 0 Å². The molecule has 2 N–H and O–H groups in total. The van der Waals surface area contributed by atoms with Crippen LogP contribution in [0.5, 0.6) is 0 Å². The number of carbonyl (C=O) groups is 1. The predicted octanol–water partition coefficient (Wildman–Crippen LogP) is 3.34. The largest absolute Gasteiger partial charge is 0.348 e. The van der Waals surface area contributed by atoms with Gasteiger partial charge in [0.1, 0.15) is 0 Å². The summed E-state index contributed by atoms with van der Waals surface area (Å²) in [4.78, 5) is 17.5. The van der Waals surface area contributed by atoms with Crippen molar-refractivity contribution in [2.75, 3.05) is 7.05 Å². The summed E-state index contributed by atoms with van der Waals surface area (Å²) in [6, 6.07) is 16.6. The molecule has 0 fully saturated rings. The van der Waals surface area contributed by atoms with Crippen LogP contribution in [-0.2, 0) is 22.3 Å². The Balaban J connectivity index is 1.76. The van der Waals surface area contributed by atoms with Crippen LogP contribution in [0.15, 0.2) is 54.6 Å². The lowest BCUT2D eigenvalue weighted by Gasteiger charge is -2.12. The lowest BCUT2D eigenvalue weighted by molar-refractivity contribution is 0.0952. The molecule has 1 aromatic heterocycles. The smallest absolute Gasteiger partial charge is 0.252 e. The van der Waals surface area contributed by atoms with E-state index in [1.807, 2.05) is 42.5 Å². The number of hydrogen-bond acceptors (Lipinski definition) is 4. The molecular weight excluding hydrogens is 386 g/mol. The maximum absolute atomic E-state index is 12.9. The molecular formula is C22H25N3O3S. The molecule has 6 nitrogen and oxygen atoms in total. The molecule has 0 saturated heterocycles. The Morgan fingerprint density at radius 1 is 1.03 bits per heavy atom. The van der Waals surface area contributed by atoms with Gasteiger partial charge in [-0.05, 0) is 36.2 Å². The van der Waals surface area contributed by atoms with Crippen molar-refractivity contribution in [3.8, 4) is 0 Å². The number of para-hydroxylation sites is 1. The minimum Gasteiger partial charge on any atom is -0.348 e. The van der Waals surface area contributed by atoms with Gasteiger partial charge in [0.15, 0.2) is 0 Å². The molecule has 0 aliphatic heterocycles. The summed E-state index contributed by atoms with van der Waals surface area (Å²) in [5.41, 5.74) is 3.88. The van der Waals surface area contributed by atoms with Gasteiger partial charge in [0, 0.05) is 17.6 Å². The number of nitrogens with one attached hydrogen (secondary N) is 2. The molecule has 2 aromatic carbocycles. The van der Waals surface area contributed by atoms with E-state index in [2.05, 4.69) is 28.9 Å². The van der Waals surface area contributed by atoms with Crippen LogP contribution < -0.4 is 10.0 Å². The standard InChI is InChI=1S/C22H25N3O3S/c1-15(2)21-12-19(18-6-4-5-7-20(18)25-21)22(26)24-13-16-8-10-17(11-9-16)14-29(27,28)23-3/h4-12,15,23H,13-14H2,1-3H3,(H,24,26). The monoisotopic (exact) mass is 411 g/mol. The van der Waals surface area contributed by atoms with E-state index in [4.69, 9.17) is 0 Å². The van der Waals surface area contributed by atoms with E-state index in [-0.39, 0.29) is 17.6 Å². The molecule has 1 amide bonds. The minimum absolute atomic E-state index is 0.0723. The van der Waals surface area contributed by atoms with E-state index in [0.29, 0.717) is 17.7 Å². The highest BCUT2D eigenvalue weighted by atomic mass is 32.2. The van der Waals surface area contributed by atoms with Crippen molar-refractivity contribution in [2.45, 2.75) is 32.1 Å². The number of amides is 1. The Kier molecular flexibility index (Phi) is 6.30. The van der Waals surface area contributed by atoms with Crippen molar-refractivity contribution in [1.82, 2.24) is 15.0 Å². The molecule has 3 aromatic rings. The van der Waals surface area contributed by atoms with Crippen LogP contribution in [0.3, 0.4) is 0 Å². The second-order valence-corrected chi connectivity index (χ2v) is 9.16. The number of fused-ring (bicyclic) bond motifs is 1. The number of carbonyl (C=O) groups excluding carboxylic acids is 1. The van der Waals surface area contributed by atoms with E-state index < -0.39 is 10.0 Å². The van der Waals surface area contributed by atoms with E-state index >= 15 is 0 Å². The molecule has 0 aliphatic rings. The summed E-state index contributed by atoms with van der Waals surface area (Å²) in [5.74, 6) is -0.0168. The maximum Gasteiger partial charge on any atom is 0.252 e. The zero-order valence-corrected chi connectivity index (χ0v) is 17.6. The van der Waals surface area contributed by atoms with E-state index in [0.717, 1.165) is 22.2 Å². The number of benzene rings is 2. The van der Waals surface area contributed by atoms with Gasteiger partial charge in [-0.2, -0.15) is 0 Å². The number of rotatable bonds is 7. The van der Waals surface area contributed by atoms with Crippen molar-refractivity contribution in [3.05, 3.63) is 77.0 Å². The summed E-state index contributed by atoms with van der Waals surface area (Å²) in [6.07, 6.45) is 0. The third kappa shape index (κ3) is 5.19. The Hall–Kier alpha value is -2.77. The van der Waals surface area contributed by atoms with Crippen LogP contribution >= 0.6 is 0 Å². The second-order valence-electron chi connectivity index (χ2n) is 7.23. The molecule has 0 atom stereocenters. The van der Waals surface area contributed by atoms with Crippen molar-refractivity contribution in [1.29, 1.82) is 0 Å². The SMILES string of the molecule is CNS(=O)(=O)Cc1ccc(CNC(=O)c2cc(C(C)C)nc3ccccc23)cc1. The Morgan fingerprint density at radius 3 is 2.34 bits per heavy atom. The molecule has 0 bridgehead atoms. The molecule has 3 rings (SSSR count). The van der Waals surface area contributed by atoms with Gasteiger partial charge in [-0.15, -0.1) is 0 Å². The molecule has 29 heavy (non-hydrogen) atoms. The maximum atomic E-state index is 12.9. The van der Waals surface area contributed by atoms with Gasteiger partial charge in [-0.3, -0.25) is 9.78 Å². The third-order valence-corrected chi connectivity index (χ3v) is 6.05. The molecule has 0 unspecified atom stereocenters. The van der Waals surface area contributed by atoms with Gasteiger partial charge in [0.25, 0.3) is 5.91 Å². The topological polar surface area (TPSA) is 88.2 Å². The van der Waals surface area contributed by atoms with Crippen LogP contribution in [0, 0.1) is 0 Å². The highest BCUT2D eigenvalue weighted by molar-refractivity contribution is 7.88. The summed E-state index contributed by atoms with van der Waals surface area (Å²) in [5, 5.41) is 3.78. The van der Waals surface area contributed by atoms with Crippen LogP contribution in [-0.4, -0.2) is 26.4 Å². The average molecular weight is 412 g/mol. The molecule has 0 radical (unpaired) electrons. The number of nitrogens with zero attached hydrogens (tertiary/aromatic N) is 1. The van der Waals surface area contributed by atoms with Gasteiger partial charge in [0.05, 0.1) is 16.8 Å². The average Bonchev–Trinajstić information content (AvgIpc) is 2.72. The first-order valence-electron chi connectivity index (χ1n) is 9.46. The Labute approximate surface area is 171 Å². The minimum atomic E-state index is -3.30. The Morgan fingerprint density at radius 2 is 1.69 bits per heavy atom. The molecule has 152 valence electrons. The van der Waals surface area contributed by atoms with Gasteiger partial charge < -0.3 is 5.32 Å². The van der Waals surface area contributed by atoms with E-state index in [1.165, 1.54) is 7.05 Å². The first kappa shape index (κ1) is 21.0. The molecule has 0 aliphatic carbocycles. The zero-order chi connectivity index (χ0) is 21.0. The van der Waals surface area contributed by atoms with Gasteiger partial charge in [0.2, 0.25) is 10.0 Å². The highest BCUT2D eigenvalue weighted by Crippen LogP contribution is 2.22. The predicted molar refractivity (Wildman–Crippen MR) is 115 cm³/mol. The molecule has 1 heterocycles. The number of hydrogen-bond donors (Lipinski definition) is 2. The van der Waals surface area contributed by atoms with Crippen LogP contribution in [0.1, 0.15) is 46.9 Å². The zero-order valence-electron chi connectivity index (χ0n) is 16.8. The summed E-state index contributed by atoms with van der Waals surface area (Å²) in [6.45, 7) is 4.45. The first-order valence-corrected chi connectivity index (χ1v) is 11.1. The molecule has 7 heteroatoms. The summed E-state index contributed by atoms with van der Waals surface area (Å²) in [7, 11) is -1.91. The summed E-state index contributed by atoms with van der Waals surface area (Å²) < 4.78 is 25.6. The van der Waals surface area contributed by atoms with Crippen molar-refractivity contribution < 1.29 is 13.2 Å². The fourth-order valence-electron chi connectivity index (χ4n) is 3.00. The lowest BCUT2D eigenvalue weighted by Crippen LogP contribution is -2.23. The van der Waals surface area contributed by atoms with E-state index in [1.54, 1.807) is 12.1 Å². The quantitative estimate of drug-likeness (QED) is 0.624. The fraction of sp³-hybridized carbons (Fsp3) is 0.273. The normalized spacial score (nSPS) is 11.7. The molecule has 0 spiro atoms. The summed E-state index contributed by atoms with van der Waals surface area (Å²) >= 11 is 0. The second kappa shape index (κ2) is 8.71. The number of pyridine rings is 1. The van der Waals surface area contributed by atoms with Gasteiger partial charge in [-0.1, -0.05) is 56.3 Å². The first-order chi connectivity index (χ1) is 13.8. The Bertz CT molecular complexity index is 1120. The number of sulfonamides is 1. The van der Waals surface area contributed by atoms with Crippen molar-refractivity contribution in [2.24, 2.45) is 0 Å².